The average Bonchev–Trinajstić information content (AvgIpc) is 3.47. The molecule has 3 aromatic heterocycles. The average molecular weight is 499 g/mol. The van der Waals surface area contributed by atoms with Crippen molar-refractivity contribution in [3.63, 3.8) is 0 Å². The summed E-state index contributed by atoms with van der Waals surface area (Å²) in [6.45, 7) is 2.74. The van der Waals surface area contributed by atoms with Crippen molar-refractivity contribution < 1.29 is 8.78 Å². The molecule has 7 nitrogen and oxygen atoms in total. The summed E-state index contributed by atoms with van der Waals surface area (Å²) in [6, 6.07) is 9.19. The molecule has 0 unspecified atom stereocenters. The smallest absolute Gasteiger partial charge is 0.348 e. The van der Waals surface area contributed by atoms with Crippen molar-refractivity contribution >= 4 is 34.2 Å². The SMILES string of the molecule is Cl.Cn1cc(-c2n[nH]c(=O)n2-c2cn(CC3CCNCC3)c3ccc(F)cc23)c2cc(F)ccc21. The molecule has 5 aromatic rings. The molecule has 6 rings (SSSR count). The Kier molecular flexibility index (Phi) is 5.98. The monoisotopic (exact) mass is 498 g/mol. The first-order valence-electron chi connectivity index (χ1n) is 11.4. The van der Waals surface area contributed by atoms with Crippen LogP contribution in [0.15, 0.2) is 53.6 Å². The minimum absolute atomic E-state index is 0. The molecule has 0 saturated carbocycles. The van der Waals surface area contributed by atoms with Gasteiger partial charge in [0, 0.05) is 47.8 Å². The van der Waals surface area contributed by atoms with Gasteiger partial charge in [-0.25, -0.2) is 23.2 Å². The normalized spacial score (nSPS) is 14.6. The van der Waals surface area contributed by atoms with Gasteiger partial charge in [0.2, 0.25) is 0 Å². The van der Waals surface area contributed by atoms with E-state index in [1.165, 1.54) is 28.8 Å². The summed E-state index contributed by atoms with van der Waals surface area (Å²) < 4.78 is 33.9. The van der Waals surface area contributed by atoms with E-state index in [-0.39, 0.29) is 24.0 Å². The predicted octanol–water partition coefficient (Wildman–Crippen LogP) is 4.37. The Labute approximate surface area is 205 Å². The van der Waals surface area contributed by atoms with Crippen LogP contribution in [0.5, 0.6) is 0 Å². The van der Waals surface area contributed by atoms with E-state index in [1.807, 2.05) is 24.0 Å². The maximum Gasteiger partial charge on any atom is 0.348 e. The number of nitrogens with zero attached hydrogens (tertiary/aromatic N) is 4. The third kappa shape index (κ3) is 3.94. The van der Waals surface area contributed by atoms with Gasteiger partial charge in [0.05, 0.1) is 11.2 Å². The Morgan fingerprint density at radius 3 is 2.43 bits per heavy atom. The maximum absolute atomic E-state index is 14.3. The first-order chi connectivity index (χ1) is 16.5. The Balaban J connectivity index is 0.00000253. The predicted molar refractivity (Wildman–Crippen MR) is 134 cm³/mol. The molecule has 10 heteroatoms. The molecule has 0 aliphatic carbocycles. The van der Waals surface area contributed by atoms with E-state index in [1.54, 1.807) is 12.1 Å². The molecule has 2 N–H and O–H groups in total. The van der Waals surface area contributed by atoms with Crippen LogP contribution in [0.25, 0.3) is 38.9 Å². The van der Waals surface area contributed by atoms with Gasteiger partial charge in [0.1, 0.15) is 11.6 Å². The number of H-pyrrole nitrogens is 1. The van der Waals surface area contributed by atoms with Crippen molar-refractivity contribution in [3.05, 3.63) is 70.9 Å². The first kappa shape index (κ1) is 23.3. The maximum atomic E-state index is 14.3. The second-order valence-electron chi connectivity index (χ2n) is 9.02. The van der Waals surface area contributed by atoms with Crippen LogP contribution in [0.2, 0.25) is 0 Å². The van der Waals surface area contributed by atoms with Gasteiger partial charge in [-0.1, -0.05) is 0 Å². The van der Waals surface area contributed by atoms with Gasteiger partial charge >= 0.3 is 5.69 Å². The molecular weight excluding hydrogens is 474 g/mol. The number of aromatic amines is 1. The highest BCUT2D eigenvalue weighted by atomic mass is 35.5. The minimum atomic E-state index is -0.436. The van der Waals surface area contributed by atoms with Crippen LogP contribution < -0.4 is 11.0 Å². The summed E-state index contributed by atoms with van der Waals surface area (Å²) in [4.78, 5) is 13.0. The summed E-state index contributed by atoms with van der Waals surface area (Å²) in [5, 5.41) is 11.5. The highest BCUT2D eigenvalue weighted by Crippen LogP contribution is 2.33. The zero-order valence-corrected chi connectivity index (χ0v) is 19.9. The van der Waals surface area contributed by atoms with Crippen LogP contribution in [-0.2, 0) is 13.6 Å². The quantitative estimate of drug-likeness (QED) is 0.386. The van der Waals surface area contributed by atoms with Crippen molar-refractivity contribution in [2.24, 2.45) is 13.0 Å². The van der Waals surface area contributed by atoms with Gasteiger partial charge in [0.15, 0.2) is 5.82 Å². The van der Waals surface area contributed by atoms with Crippen molar-refractivity contribution in [2.75, 3.05) is 13.1 Å². The number of aryl methyl sites for hydroxylation is 1. The lowest BCUT2D eigenvalue weighted by Gasteiger charge is -2.23. The van der Waals surface area contributed by atoms with Gasteiger partial charge in [-0.3, -0.25) is 0 Å². The van der Waals surface area contributed by atoms with Crippen molar-refractivity contribution in [1.29, 1.82) is 0 Å². The fourth-order valence-corrected chi connectivity index (χ4v) is 5.17. The van der Waals surface area contributed by atoms with E-state index < -0.39 is 5.69 Å². The van der Waals surface area contributed by atoms with Crippen molar-refractivity contribution in [1.82, 2.24) is 29.2 Å². The molecule has 0 radical (unpaired) electrons. The number of halogens is 3. The minimum Gasteiger partial charge on any atom is -0.350 e. The van der Waals surface area contributed by atoms with E-state index >= 15 is 0 Å². The second-order valence-corrected chi connectivity index (χ2v) is 9.02. The van der Waals surface area contributed by atoms with Crippen LogP contribution in [0.4, 0.5) is 8.78 Å². The number of fused-ring (bicyclic) bond motifs is 2. The largest absolute Gasteiger partial charge is 0.350 e. The van der Waals surface area contributed by atoms with Crippen LogP contribution in [-0.4, -0.2) is 37.0 Å². The molecule has 0 amide bonds. The van der Waals surface area contributed by atoms with Crippen LogP contribution in [0.3, 0.4) is 0 Å². The third-order valence-electron chi connectivity index (χ3n) is 6.84. The fraction of sp³-hybridized carbons (Fsp3) is 0.280. The molecule has 4 heterocycles. The lowest BCUT2D eigenvalue weighted by Crippen LogP contribution is -2.29. The Morgan fingerprint density at radius 2 is 1.69 bits per heavy atom. The summed E-state index contributed by atoms with van der Waals surface area (Å²) in [5.74, 6) is 0.103. The number of piperidine rings is 1. The van der Waals surface area contributed by atoms with E-state index in [9.17, 15) is 13.6 Å². The number of nitrogens with one attached hydrogen (secondary N) is 2. The number of hydrogen-bond acceptors (Lipinski definition) is 3. The molecule has 182 valence electrons. The van der Waals surface area contributed by atoms with Crippen LogP contribution in [0, 0.1) is 17.6 Å². The topological polar surface area (TPSA) is 72.6 Å². The second kappa shape index (κ2) is 8.98. The zero-order chi connectivity index (χ0) is 23.4. The molecule has 35 heavy (non-hydrogen) atoms. The molecule has 1 aliphatic heterocycles. The first-order valence-corrected chi connectivity index (χ1v) is 11.4. The highest BCUT2D eigenvalue weighted by molar-refractivity contribution is 5.96. The molecule has 1 aliphatic rings. The summed E-state index contributed by atoms with van der Waals surface area (Å²) >= 11 is 0. The molecule has 1 fully saturated rings. The standard InChI is InChI=1S/C25H24F2N6O.ClH/c1-31-13-20(18-10-16(26)2-4-21(18)31)24-29-30-25(34)33(24)23-14-32(12-15-6-8-28-9-7-15)22-5-3-17(27)11-19(22)23;/h2-5,10-11,13-15,28H,6-9,12H2,1H3,(H,30,34);1H. The lowest BCUT2D eigenvalue weighted by molar-refractivity contribution is 0.337. The van der Waals surface area contributed by atoms with Gasteiger partial charge in [-0.2, -0.15) is 5.10 Å². The molecular formula is C25H25ClF2N6O. The summed E-state index contributed by atoms with van der Waals surface area (Å²) in [7, 11) is 1.86. The van der Waals surface area contributed by atoms with Gasteiger partial charge in [-0.15, -0.1) is 12.4 Å². The number of benzene rings is 2. The molecule has 0 bridgehead atoms. The molecule has 2 aromatic carbocycles. The van der Waals surface area contributed by atoms with Gasteiger partial charge in [-0.05, 0) is 68.2 Å². The van der Waals surface area contributed by atoms with Crippen molar-refractivity contribution in [3.8, 4) is 17.1 Å². The highest BCUT2D eigenvalue weighted by Gasteiger charge is 2.22. The number of hydrogen-bond donors (Lipinski definition) is 2. The summed E-state index contributed by atoms with van der Waals surface area (Å²) in [5.41, 5.74) is 2.40. The van der Waals surface area contributed by atoms with Gasteiger partial charge in [0.25, 0.3) is 0 Å². The number of aromatic nitrogens is 5. The van der Waals surface area contributed by atoms with E-state index in [0.29, 0.717) is 33.8 Å². The Hall–Kier alpha value is -3.43. The summed E-state index contributed by atoms with van der Waals surface area (Å²) in [6.07, 6.45) is 5.85. The zero-order valence-electron chi connectivity index (χ0n) is 19.1. The number of rotatable bonds is 4. The molecule has 1 saturated heterocycles. The lowest BCUT2D eigenvalue weighted by atomic mass is 9.98. The Bertz CT molecular complexity index is 1590. The van der Waals surface area contributed by atoms with Crippen LogP contribution in [0.1, 0.15) is 12.8 Å². The fourth-order valence-electron chi connectivity index (χ4n) is 5.17. The van der Waals surface area contributed by atoms with Crippen LogP contribution >= 0.6 is 12.4 Å². The third-order valence-corrected chi connectivity index (χ3v) is 6.84. The van der Waals surface area contributed by atoms with E-state index in [2.05, 4.69) is 20.1 Å². The Morgan fingerprint density at radius 1 is 1.00 bits per heavy atom. The molecule has 0 spiro atoms. The van der Waals surface area contributed by atoms with E-state index in [4.69, 9.17) is 0 Å². The molecule has 0 atom stereocenters. The van der Waals surface area contributed by atoms with Gasteiger partial charge < -0.3 is 14.5 Å². The van der Waals surface area contributed by atoms with E-state index in [0.717, 1.165) is 43.5 Å². The van der Waals surface area contributed by atoms with Crippen molar-refractivity contribution in [2.45, 2.75) is 19.4 Å².